The first-order valence-corrected chi connectivity index (χ1v) is 7.07. The summed E-state index contributed by atoms with van der Waals surface area (Å²) >= 11 is 0. The van der Waals surface area contributed by atoms with Gasteiger partial charge < -0.3 is 10.6 Å². The third-order valence-corrected chi connectivity index (χ3v) is 3.13. The van der Waals surface area contributed by atoms with Crippen LogP contribution in [0.25, 0.3) is 0 Å². The monoisotopic (exact) mass is 301 g/mol. The Bertz CT molecular complexity index is 680. The van der Waals surface area contributed by atoms with Crippen LogP contribution in [0.3, 0.4) is 0 Å². The molecule has 0 aliphatic carbocycles. The number of aryl methyl sites for hydroxylation is 1. The molecule has 2 amide bonds. The average Bonchev–Trinajstić information content (AvgIpc) is 2.95. The van der Waals surface area contributed by atoms with E-state index in [4.69, 9.17) is 0 Å². The fourth-order valence-electron chi connectivity index (χ4n) is 2.14. The predicted octanol–water partition coefficient (Wildman–Crippen LogP) is 1.75. The Balaban J connectivity index is 2.10. The van der Waals surface area contributed by atoms with Gasteiger partial charge in [-0.3, -0.25) is 9.59 Å². The summed E-state index contributed by atoms with van der Waals surface area (Å²) in [5.74, 6) is 0.293. The molecule has 1 aromatic carbocycles. The van der Waals surface area contributed by atoms with E-state index in [9.17, 15) is 9.59 Å². The molecule has 22 heavy (non-hydrogen) atoms. The molecule has 0 saturated heterocycles. The molecule has 0 bridgehead atoms. The molecule has 0 saturated carbocycles. The van der Waals surface area contributed by atoms with E-state index in [1.807, 2.05) is 13.8 Å². The molecule has 1 aromatic heterocycles. The Kier molecular flexibility index (Phi) is 4.88. The van der Waals surface area contributed by atoms with E-state index in [2.05, 4.69) is 20.7 Å². The minimum atomic E-state index is -0.264. The number of hydrogen-bond acceptors (Lipinski definition) is 4. The lowest BCUT2D eigenvalue weighted by molar-refractivity contribution is -0.114. The molecule has 116 valence electrons. The minimum absolute atomic E-state index is 0.179. The Hall–Kier alpha value is -2.70. The summed E-state index contributed by atoms with van der Waals surface area (Å²) in [5, 5.41) is 9.62. The van der Waals surface area contributed by atoms with Gasteiger partial charge in [-0.15, -0.1) is 0 Å². The number of carbonyl (C=O) groups excluding carboxylic acids is 2. The van der Waals surface area contributed by atoms with Crippen molar-refractivity contribution in [2.45, 2.75) is 33.4 Å². The van der Waals surface area contributed by atoms with Gasteiger partial charge >= 0.3 is 0 Å². The van der Waals surface area contributed by atoms with Crippen molar-refractivity contribution in [1.82, 2.24) is 20.1 Å². The van der Waals surface area contributed by atoms with E-state index in [0.717, 1.165) is 0 Å². The summed E-state index contributed by atoms with van der Waals surface area (Å²) in [6.07, 6.45) is 1.47. The van der Waals surface area contributed by atoms with Gasteiger partial charge in [0.1, 0.15) is 12.2 Å². The standard InChI is InChI=1S/C15H19N5O2/c1-4-20-14(16-9-17-20)10(2)18-15(22)12-6-5-7-13(8-12)19-11(3)21/h5-10H,4H2,1-3H3,(H,18,22)(H,19,21)/t10-/m0/s1. The molecule has 7 nitrogen and oxygen atoms in total. The van der Waals surface area contributed by atoms with Crippen molar-refractivity contribution in [1.29, 1.82) is 0 Å². The normalized spacial score (nSPS) is 11.8. The maximum Gasteiger partial charge on any atom is 0.251 e. The molecule has 0 spiro atoms. The topological polar surface area (TPSA) is 88.9 Å². The van der Waals surface area contributed by atoms with E-state index >= 15 is 0 Å². The smallest absolute Gasteiger partial charge is 0.251 e. The molecule has 0 aliphatic heterocycles. The molecule has 1 heterocycles. The number of nitrogens with zero attached hydrogens (tertiary/aromatic N) is 3. The van der Waals surface area contributed by atoms with Gasteiger partial charge in [-0.1, -0.05) is 6.07 Å². The molecule has 1 atom stereocenters. The molecule has 7 heteroatoms. The lowest BCUT2D eigenvalue weighted by atomic mass is 10.1. The van der Waals surface area contributed by atoms with Crippen molar-refractivity contribution in [2.75, 3.05) is 5.32 Å². The largest absolute Gasteiger partial charge is 0.342 e. The summed E-state index contributed by atoms with van der Waals surface area (Å²) in [6.45, 7) is 5.93. The Morgan fingerprint density at radius 3 is 2.82 bits per heavy atom. The van der Waals surface area contributed by atoms with Gasteiger partial charge in [0.15, 0.2) is 0 Å². The number of hydrogen-bond donors (Lipinski definition) is 2. The summed E-state index contributed by atoms with van der Waals surface area (Å²) in [5.41, 5.74) is 1.06. The first-order valence-electron chi connectivity index (χ1n) is 7.07. The summed E-state index contributed by atoms with van der Waals surface area (Å²) in [6, 6.07) is 6.51. The molecular formula is C15H19N5O2. The fraction of sp³-hybridized carbons (Fsp3) is 0.333. The van der Waals surface area contributed by atoms with E-state index in [1.165, 1.54) is 13.3 Å². The van der Waals surface area contributed by atoms with Gasteiger partial charge in [-0.25, -0.2) is 9.67 Å². The zero-order valence-corrected chi connectivity index (χ0v) is 12.8. The Morgan fingerprint density at radius 2 is 2.14 bits per heavy atom. The van der Waals surface area contributed by atoms with Crippen LogP contribution in [0.15, 0.2) is 30.6 Å². The zero-order valence-electron chi connectivity index (χ0n) is 12.8. The molecule has 0 radical (unpaired) electrons. The van der Waals surface area contributed by atoms with Crippen molar-refractivity contribution in [3.8, 4) is 0 Å². The average molecular weight is 301 g/mol. The van der Waals surface area contributed by atoms with Gasteiger partial charge in [0.05, 0.1) is 6.04 Å². The van der Waals surface area contributed by atoms with E-state index in [0.29, 0.717) is 23.6 Å². The number of benzene rings is 1. The molecule has 2 rings (SSSR count). The minimum Gasteiger partial charge on any atom is -0.342 e. The lowest BCUT2D eigenvalue weighted by Gasteiger charge is -2.14. The van der Waals surface area contributed by atoms with Gasteiger partial charge in [0, 0.05) is 24.7 Å². The fourth-order valence-corrected chi connectivity index (χ4v) is 2.14. The number of anilines is 1. The molecule has 0 aliphatic rings. The van der Waals surface area contributed by atoms with Crippen LogP contribution < -0.4 is 10.6 Å². The summed E-state index contributed by atoms with van der Waals surface area (Å²) < 4.78 is 1.73. The summed E-state index contributed by atoms with van der Waals surface area (Å²) in [4.78, 5) is 27.5. The van der Waals surface area contributed by atoms with Crippen molar-refractivity contribution < 1.29 is 9.59 Å². The highest BCUT2D eigenvalue weighted by Gasteiger charge is 2.16. The van der Waals surface area contributed by atoms with Crippen LogP contribution in [0.5, 0.6) is 0 Å². The van der Waals surface area contributed by atoms with Crippen LogP contribution in [-0.2, 0) is 11.3 Å². The number of aromatic nitrogens is 3. The van der Waals surface area contributed by atoms with Gasteiger partial charge in [0.25, 0.3) is 5.91 Å². The van der Waals surface area contributed by atoms with E-state index in [1.54, 1.807) is 28.9 Å². The van der Waals surface area contributed by atoms with Crippen LogP contribution in [0.2, 0.25) is 0 Å². The molecule has 2 N–H and O–H groups in total. The van der Waals surface area contributed by atoms with Gasteiger partial charge in [0.2, 0.25) is 5.91 Å². The molecule has 2 aromatic rings. The van der Waals surface area contributed by atoms with Gasteiger partial charge in [-0.2, -0.15) is 5.10 Å². The van der Waals surface area contributed by atoms with Crippen LogP contribution in [-0.4, -0.2) is 26.6 Å². The second-order valence-electron chi connectivity index (χ2n) is 4.89. The summed E-state index contributed by atoms with van der Waals surface area (Å²) in [7, 11) is 0. The Labute approximate surface area is 128 Å². The number of nitrogens with one attached hydrogen (secondary N) is 2. The maximum absolute atomic E-state index is 12.3. The highest BCUT2D eigenvalue weighted by Crippen LogP contribution is 2.13. The quantitative estimate of drug-likeness (QED) is 0.880. The van der Waals surface area contributed by atoms with Crippen LogP contribution in [0.1, 0.15) is 43.0 Å². The lowest BCUT2D eigenvalue weighted by Crippen LogP contribution is -2.29. The predicted molar refractivity (Wildman–Crippen MR) is 82.3 cm³/mol. The number of carbonyl (C=O) groups is 2. The molecular weight excluding hydrogens is 282 g/mol. The van der Waals surface area contributed by atoms with Crippen LogP contribution in [0.4, 0.5) is 5.69 Å². The van der Waals surface area contributed by atoms with Crippen molar-refractivity contribution in [3.63, 3.8) is 0 Å². The molecule has 0 fully saturated rings. The molecule has 0 unspecified atom stereocenters. The number of rotatable bonds is 5. The SMILES string of the molecule is CCn1ncnc1[C@H](C)NC(=O)c1cccc(NC(C)=O)c1. The highest BCUT2D eigenvalue weighted by molar-refractivity contribution is 5.96. The number of amides is 2. The third kappa shape index (κ3) is 3.69. The van der Waals surface area contributed by atoms with Crippen LogP contribution in [0, 0.1) is 0 Å². The van der Waals surface area contributed by atoms with Crippen molar-refractivity contribution >= 4 is 17.5 Å². The van der Waals surface area contributed by atoms with Crippen molar-refractivity contribution in [2.24, 2.45) is 0 Å². The van der Waals surface area contributed by atoms with E-state index in [-0.39, 0.29) is 17.9 Å². The zero-order chi connectivity index (χ0) is 16.1. The van der Waals surface area contributed by atoms with Crippen molar-refractivity contribution in [3.05, 3.63) is 42.0 Å². The third-order valence-electron chi connectivity index (χ3n) is 3.13. The first-order chi connectivity index (χ1) is 10.5. The highest BCUT2D eigenvalue weighted by atomic mass is 16.2. The maximum atomic E-state index is 12.3. The first kappa shape index (κ1) is 15.7. The van der Waals surface area contributed by atoms with Crippen LogP contribution >= 0.6 is 0 Å². The Morgan fingerprint density at radius 1 is 1.36 bits per heavy atom. The second kappa shape index (κ2) is 6.84. The second-order valence-corrected chi connectivity index (χ2v) is 4.89. The van der Waals surface area contributed by atoms with Gasteiger partial charge in [-0.05, 0) is 32.0 Å². The van der Waals surface area contributed by atoms with E-state index < -0.39 is 0 Å².